The molecule has 0 unspecified atom stereocenters. The molecule has 2 rings (SSSR count). The van der Waals surface area contributed by atoms with Crippen LogP contribution in [0, 0.1) is 5.82 Å². The van der Waals surface area contributed by atoms with Crippen molar-refractivity contribution in [3.63, 3.8) is 0 Å². The highest BCUT2D eigenvalue weighted by Crippen LogP contribution is 2.30. The average Bonchev–Trinajstić information content (AvgIpc) is 2.70. The summed E-state index contributed by atoms with van der Waals surface area (Å²) < 4.78 is 25.4. The summed E-state index contributed by atoms with van der Waals surface area (Å²) in [7, 11) is 5.99. The van der Waals surface area contributed by atoms with E-state index >= 15 is 0 Å². The second kappa shape index (κ2) is 11.1. The molecule has 0 aliphatic heterocycles. The van der Waals surface area contributed by atoms with Gasteiger partial charge in [-0.15, -0.1) is 11.8 Å². The van der Waals surface area contributed by atoms with Crippen LogP contribution in [0.2, 0.25) is 0 Å². The molecule has 166 valence electrons. The highest BCUT2D eigenvalue weighted by molar-refractivity contribution is 7.98. The number of likely N-dealkylation sites (N-methyl/N-ethyl adjacent to an activating group) is 1. The van der Waals surface area contributed by atoms with E-state index in [4.69, 9.17) is 9.47 Å². The van der Waals surface area contributed by atoms with E-state index in [0.29, 0.717) is 27.7 Å². The maximum atomic E-state index is 14.0. The van der Waals surface area contributed by atoms with Crippen LogP contribution in [0.1, 0.15) is 18.1 Å². The van der Waals surface area contributed by atoms with E-state index < -0.39 is 17.8 Å². The van der Waals surface area contributed by atoms with Crippen molar-refractivity contribution >= 4 is 34.8 Å². The van der Waals surface area contributed by atoms with Gasteiger partial charge < -0.3 is 14.0 Å². The first-order chi connectivity index (χ1) is 14.6. The Kier molecular flexibility index (Phi) is 8.83. The van der Waals surface area contributed by atoms with Crippen molar-refractivity contribution in [3.8, 4) is 0 Å². The standard InChI is InChI=1S/C24H29FNO4S/c1-17(27)30-16-22(18-9-11-21(31-5)12-10-18)23(19-7-6-8-20(25)15-19)24(28)29-14-13-26(2,3)4/h6-12,15H,13-14,16H2,1-5H3/q+1/b23-22+. The molecular formula is C24H29FNO4S+. The lowest BCUT2D eigenvalue weighted by atomic mass is 9.95. The third-order valence-corrected chi connectivity index (χ3v) is 5.22. The summed E-state index contributed by atoms with van der Waals surface area (Å²) >= 11 is 1.59. The summed E-state index contributed by atoms with van der Waals surface area (Å²) in [4.78, 5) is 25.7. The van der Waals surface area contributed by atoms with Crippen molar-refractivity contribution < 1.29 is 27.9 Å². The first kappa shape index (κ1) is 24.6. The van der Waals surface area contributed by atoms with E-state index in [2.05, 4.69) is 0 Å². The molecule has 0 radical (unpaired) electrons. The Morgan fingerprint density at radius 2 is 1.68 bits per heavy atom. The van der Waals surface area contributed by atoms with Crippen LogP contribution in [-0.2, 0) is 19.1 Å². The van der Waals surface area contributed by atoms with Crippen LogP contribution in [0.3, 0.4) is 0 Å². The maximum absolute atomic E-state index is 14.0. The van der Waals surface area contributed by atoms with Gasteiger partial charge in [0, 0.05) is 17.4 Å². The van der Waals surface area contributed by atoms with Crippen LogP contribution in [0.5, 0.6) is 0 Å². The van der Waals surface area contributed by atoms with Crippen LogP contribution in [0.25, 0.3) is 11.1 Å². The normalized spacial score (nSPS) is 12.2. The lowest BCUT2D eigenvalue weighted by Gasteiger charge is -2.23. The lowest BCUT2D eigenvalue weighted by Crippen LogP contribution is -2.38. The summed E-state index contributed by atoms with van der Waals surface area (Å²) in [6.07, 6.45) is 1.97. The highest BCUT2D eigenvalue weighted by Gasteiger charge is 2.23. The van der Waals surface area contributed by atoms with Crippen molar-refractivity contribution in [1.82, 2.24) is 0 Å². The number of rotatable bonds is 9. The monoisotopic (exact) mass is 446 g/mol. The number of hydrogen-bond donors (Lipinski definition) is 0. The van der Waals surface area contributed by atoms with Gasteiger partial charge in [0.2, 0.25) is 0 Å². The Morgan fingerprint density at radius 3 is 2.23 bits per heavy atom. The van der Waals surface area contributed by atoms with Gasteiger partial charge in [0.1, 0.15) is 25.6 Å². The molecule has 2 aromatic rings. The van der Waals surface area contributed by atoms with E-state index in [1.807, 2.05) is 51.7 Å². The van der Waals surface area contributed by atoms with E-state index in [-0.39, 0.29) is 18.8 Å². The number of thioether (sulfide) groups is 1. The summed E-state index contributed by atoms with van der Waals surface area (Å²) in [5, 5.41) is 0. The van der Waals surface area contributed by atoms with Crippen LogP contribution < -0.4 is 0 Å². The van der Waals surface area contributed by atoms with Crippen molar-refractivity contribution in [3.05, 3.63) is 65.5 Å². The van der Waals surface area contributed by atoms with Gasteiger partial charge in [-0.2, -0.15) is 0 Å². The Labute approximate surface area is 187 Å². The summed E-state index contributed by atoms with van der Waals surface area (Å²) in [6.45, 7) is 1.98. The fourth-order valence-electron chi connectivity index (χ4n) is 2.81. The average molecular weight is 447 g/mol. The molecule has 0 N–H and O–H groups in total. The van der Waals surface area contributed by atoms with Gasteiger partial charge in [0.25, 0.3) is 0 Å². The van der Waals surface area contributed by atoms with Crippen molar-refractivity contribution in [2.45, 2.75) is 11.8 Å². The number of hydrogen-bond acceptors (Lipinski definition) is 5. The molecule has 7 heteroatoms. The van der Waals surface area contributed by atoms with Crippen molar-refractivity contribution in [1.29, 1.82) is 0 Å². The topological polar surface area (TPSA) is 52.6 Å². The van der Waals surface area contributed by atoms with E-state index in [9.17, 15) is 14.0 Å². The molecule has 0 heterocycles. The number of carbonyl (C=O) groups excluding carboxylic acids is 2. The zero-order valence-corrected chi connectivity index (χ0v) is 19.4. The molecule has 0 spiro atoms. The van der Waals surface area contributed by atoms with Gasteiger partial charge in [-0.3, -0.25) is 4.79 Å². The minimum Gasteiger partial charge on any atom is -0.461 e. The molecule has 0 saturated heterocycles. The van der Waals surface area contributed by atoms with Crippen molar-refractivity contribution in [2.24, 2.45) is 0 Å². The number of benzene rings is 2. The van der Waals surface area contributed by atoms with E-state index in [1.54, 1.807) is 17.8 Å². The number of esters is 2. The molecule has 0 aliphatic rings. The maximum Gasteiger partial charge on any atom is 0.339 e. The molecule has 0 atom stereocenters. The molecule has 0 aromatic heterocycles. The molecule has 0 fully saturated rings. The van der Waals surface area contributed by atoms with E-state index in [1.165, 1.54) is 25.1 Å². The molecule has 2 aromatic carbocycles. The SMILES string of the molecule is CSc1ccc(/C(COC(C)=O)=C(/C(=O)OCC[N+](C)(C)C)c2cccc(F)c2)cc1. The van der Waals surface area contributed by atoms with Gasteiger partial charge in [0.05, 0.1) is 26.7 Å². The predicted octanol–water partition coefficient (Wildman–Crippen LogP) is 4.27. The van der Waals surface area contributed by atoms with Gasteiger partial charge in [-0.1, -0.05) is 24.3 Å². The second-order valence-corrected chi connectivity index (χ2v) is 8.90. The van der Waals surface area contributed by atoms with Crippen LogP contribution in [-0.4, -0.2) is 63.6 Å². The summed E-state index contributed by atoms with van der Waals surface area (Å²) in [5.41, 5.74) is 1.70. The first-order valence-corrected chi connectivity index (χ1v) is 11.1. The van der Waals surface area contributed by atoms with Gasteiger partial charge in [0.15, 0.2) is 0 Å². The number of ether oxygens (including phenoxy) is 2. The largest absolute Gasteiger partial charge is 0.461 e. The van der Waals surface area contributed by atoms with Crippen molar-refractivity contribution in [2.75, 3.05) is 47.2 Å². The Bertz CT molecular complexity index is 949. The predicted molar refractivity (Wildman–Crippen MR) is 122 cm³/mol. The summed E-state index contributed by atoms with van der Waals surface area (Å²) in [6, 6.07) is 13.3. The van der Waals surface area contributed by atoms with Crippen LogP contribution in [0.4, 0.5) is 4.39 Å². The van der Waals surface area contributed by atoms with Gasteiger partial charge in [-0.05, 0) is 41.6 Å². The number of quaternary nitrogens is 1. The molecule has 31 heavy (non-hydrogen) atoms. The smallest absolute Gasteiger partial charge is 0.339 e. The zero-order chi connectivity index (χ0) is 23.0. The van der Waals surface area contributed by atoms with E-state index in [0.717, 1.165) is 4.90 Å². The Balaban J connectivity index is 2.57. The number of halogens is 1. The van der Waals surface area contributed by atoms with Crippen LogP contribution in [0.15, 0.2) is 53.4 Å². The first-order valence-electron chi connectivity index (χ1n) is 9.85. The summed E-state index contributed by atoms with van der Waals surface area (Å²) in [5.74, 6) is -1.54. The lowest BCUT2D eigenvalue weighted by molar-refractivity contribution is -0.870. The minimum absolute atomic E-state index is 0.135. The Morgan fingerprint density at radius 1 is 1.00 bits per heavy atom. The van der Waals surface area contributed by atoms with Gasteiger partial charge >= 0.3 is 11.9 Å². The molecular weight excluding hydrogens is 417 g/mol. The zero-order valence-electron chi connectivity index (χ0n) is 18.6. The fraction of sp³-hybridized carbons (Fsp3) is 0.333. The van der Waals surface area contributed by atoms with Crippen LogP contribution >= 0.6 is 11.8 Å². The quantitative estimate of drug-likeness (QED) is 0.189. The molecule has 5 nitrogen and oxygen atoms in total. The molecule has 0 aliphatic carbocycles. The number of carbonyl (C=O) groups is 2. The molecule has 0 amide bonds. The minimum atomic E-state index is -0.588. The fourth-order valence-corrected chi connectivity index (χ4v) is 3.22. The molecule has 0 bridgehead atoms. The second-order valence-electron chi connectivity index (χ2n) is 8.02. The Hall–Kier alpha value is -2.64. The molecule has 0 saturated carbocycles. The third-order valence-electron chi connectivity index (χ3n) is 4.47. The third kappa shape index (κ3) is 7.84. The highest BCUT2D eigenvalue weighted by atomic mass is 32.2. The number of nitrogens with zero attached hydrogens (tertiary/aromatic N) is 1. The van der Waals surface area contributed by atoms with Gasteiger partial charge in [-0.25, -0.2) is 9.18 Å².